The molecule has 4 nitrogen and oxygen atoms in total. The Morgan fingerprint density at radius 2 is 2.06 bits per heavy atom. The van der Waals surface area contributed by atoms with Crippen LogP contribution in [0.4, 0.5) is 9.18 Å². The molecular weight excluding hydrogens is 235 g/mol. The predicted molar refractivity (Wildman–Crippen MR) is 69.1 cm³/mol. The summed E-state index contributed by atoms with van der Waals surface area (Å²) in [6.07, 6.45) is 0.653. The topological polar surface area (TPSA) is 55.6 Å². The standard InChI is InChI=1S/C13H25FN2O2/c1-12(2,3)18-11(17)16-8-5-10(9-16)13(4,14)6-7-15/h10H,5-9,15H2,1-4H3. The van der Waals surface area contributed by atoms with Crippen molar-refractivity contribution in [2.75, 3.05) is 19.6 Å². The number of carbonyl (C=O) groups is 1. The van der Waals surface area contributed by atoms with Crippen LogP contribution in [0.2, 0.25) is 0 Å². The molecule has 1 aliphatic heterocycles. The van der Waals surface area contributed by atoms with E-state index in [1.54, 1.807) is 11.8 Å². The number of hydrogen-bond donors (Lipinski definition) is 1. The van der Waals surface area contributed by atoms with E-state index in [2.05, 4.69) is 0 Å². The average molecular weight is 260 g/mol. The van der Waals surface area contributed by atoms with E-state index < -0.39 is 11.3 Å². The number of halogens is 1. The molecule has 0 aliphatic carbocycles. The summed E-state index contributed by atoms with van der Waals surface area (Å²) in [6.45, 7) is 8.36. The lowest BCUT2D eigenvalue weighted by atomic mass is 9.87. The SMILES string of the molecule is CC(C)(C)OC(=O)N1CCC(C(C)(F)CCN)C1. The maximum absolute atomic E-state index is 14.3. The molecule has 0 aromatic heterocycles. The third kappa shape index (κ3) is 4.12. The fourth-order valence-electron chi connectivity index (χ4n) is 2.23. The van der Waals surface area contributed by atoms with Crippen molar-refractivity contribution in [1.82, 2.24) is 4.90 Å². The van der Waals surface area contributed by atoms with E-state index in [1.807, 2.05) is 20.8 Å². The van der Waals surface area contributed by atoms with Gasteiger partial charge in [0.2, 0.25) is 0 Å². The Labute approximate surface area is 109 Å². The zero-order valence-electron chi connectivity index (χ0n) is 11.8. The summed E-state index contributed by atoms with van der Waals surface area (Å²) >= 11 is 0. The monoisotopic (exact) mass is 260 g/mol. The lowest BCUT2D eigenvalue weighted by Crippen LogP contribution is -2.38. The molecule has 1 heterocycles. The Balaban J connectivity index is 2.53. The van der Waals surface area contributed by atoms with Gasteiger partial charge >= 0.3 is 6.09 Å². The minimum atomic E-state index is -1.30. The van der Waals surface area contributed by atoms with E-state index in [0.29, 0.717) is 32.5 Å². The Morgan fingerprint density at radius 3 is 2.56 bits per heavy atom. The van der Waals surface area contributed by atoms with Crippen LogP contribution in [-0.2, 0) is 4.74 Å². The van der Waals surface area contributed by atoms with Gasteiger partial charge in [0.15, 0.2) is 0 Å². The molecule has 1 rings (SSSR count). The lowest BCUT2D eigenvalue weighted by molar-refractivity contribution is 0.0259. The first-order valence-electron chi connectivity index (χ1n) is 6.52. The van der Waals surface area contributed by atoms with E-state index in [0.717, 1.165) is 0 Å². The highest BCUT2D eigenvalue weighted by atomic mass is 19.1. The van der Waals surface area contributed by atoms with Crippen LogP contribution in [0.15, 0.2) is 0 Å². The number of carbonyl (C=O) groups excluding carboxylic acids is 1. The average Bonchev–Trinajstić information content (AvgIpc) is 2.63. The molecule has 0 spiro atoms. The second-order valence-electron chi connectivity index (χ2n) is 6.23. The molecule has 0 aromatic rings. The maximum Gasteiger partial charge on any atom is 0.410 e. The number of likely N-dealkylation sites (tertiary alicyclic amines) is 1. The fourth-order valence-corrected chi connectivity index (χ4v) is 2.23. The second kappa shape index (κ2) is 5.43. The number of alkyl halides is 1. The van der Waals surface area contributed by atoms with Crippen LogP contribution in [0.5, 0.6) is 0 Å². The second-order valence-corrected chi connectivity index (χ2v) is 6.23. The van der Waals surface area contributed by atoms with Crippen LogP contribution < -0.4 is 5.73 Å². The van der Waals surface area contributed by atoms with E-state index in [1.165, 1.54) is 0 Å². The summed E-state index contributed by atoms with van der Waals surface area (Å²) in [5.41, 5.74) is 3.61. The summed E-state index contributed by atoms with van der Waals surface area (Å²) in [7, 11) is 0. The quantitative estimate of drug-likeness (QED) is 0.847. The van der Waals surface area contributed by atoms with Crippen molar-refractivity contribution >= 4 is 6.09 Å². The van der Waals surface area contributed by atoms with Crippen molar-refractivity contribution < 1.29 is 13.9 Å². The third-order valence-electron chi connectivity index (χ3n) is 3.32. The summed E-state index contributed by atoms with van der Waals surface area (Å²) < 4.78 is 19.6. The zero-order chi connectivity index (χ0) is 14.0. The Bertz CT molecular complexity index is 300. The number of amides is 1. The van der Waals surface area contributed by atoms with Crippen molar-refractivity contribution in [1.29, 1.82) is 0 Å². The summed E-state index contributed by atoms with van der Waals surface area (Å²) in [6, 6.07) is 0. The Morgan fingerprint density at radius 1 is 1.44 bits per heavy atom. The number of nitrogens with zero attached hydrogens (tertiary/aromatic N) is 1. The van der Waals surface area contributed by atoms with Crippen LogP contribution >= 0.6 is 0 Å². The molecule has 2 unspecified atom stereocenters. The third-order valence-corrected chi connectivity index (χ3v) is 3.32. The minimum Gasteiger partial charge on any atom is -0.444 e. The normalized spacial score (nSPS) is 23.9. The summed E-state index contributed by atoms with van der Waals surface area (Å²) in [4.78, 5) is 13.4. The van der Waals surface area contributed by atoms with E-state index >= 15 is 0 Å². The highest BCUT2D eigenvalue weighted by Gasteiger charge is 2.40. The van der Waals surface area contributed by atoms with Gasteiger partial charge < -0.3 is 15.4 Å². The van der Waals surface area contributed by atoms with Gasteiger partial charge in [-0.15, -0.1) is 0 Å². The smallest absolute Gasteiger partial charge is 0.410 e. The lowest BCUT2D eigenvalue weighted by Gasteiger charge is -2.28. The van der Waals surface area contributed by atoms with Crippen LogP contribution in [0.3, 0.4) is 0 Å². The number of rotatable bonds is 3. The molecule has 2 atom stereocenters. The van der Waals surface area contributed by atoms with E-state index in [-0.39, 0.29) is 12.0 Å². The molecule has 106 valence electrons. The van der Waals surface area contributed by atoms with Crippen LogP contribution in [0.1, 0.15) is 40.5 Å². The molecular formula is C13H25FN2O2. The maximum atomic E-state index is 14.3. The van der Waals surface area contributed by atoms with Crippen molar-refractivity contribution in [3.8, 4) is 0 Å². The first kappa shape index (κ1) is 15.2. The molecule has 18 heavy (non-hydrogen) atoms. The number of ether oxygens (including phenoxy) is 1. The van der Waals surface area contributed by atoms with Gasteiger partial charge in [0.1, 0.15) is 11.3 Å². The van der Waals surface area contributed by atoms with Crippen molar-refractivity contribution in [2.45, 2.75) is 51.8 Å². The molecule has 5 heteroatoms. The van der Waals surface area contributed by atoms with Gasteiger partial charge in [-0.25, -0.2) is 9.18 Å². The Hall–Kier alpha value is -0.840. The van der Waals surface area contributed by atoms with Gasteiger partial charge in [0.25, 0.3) is 0 Å². The molecule has 0 radical (unpaired) electrons. The first-order valence-corrected chi connectivity index (χ1v) is 6.52. The molecule has 1 aliphatic rings. The van der Waals surface area contributed by atoms with Crippen molar-refractivity contribution in [3.05, 3.63) is 0 Å². The highest BCUT2D eigenvalue weighted by Crippen LogP contribution is 2.33. The Kier molecular flexibility index (Phi) is 4.59. The highest BCUT2D eigenvalue weighted by molar-refractivity contribution is 5.68. The summed E-state index contributed by atoms with van der Waals surface area (Å²) in [5.74, 6) is -0.145. The van der Waals surface area contributed by atoms with Crippen LogP contribution in [-0.4, -0.2) is 41.9 Å². The number of hydrogen-bond acceptors (Lipinski definition) is 3. The van der Waals surface area contributed by atoms with E-state index in [4.69, 9.17) is 10.5 Å². The molecule has 0 saturated carbocycles. The molecule has 1 amide bonds. The minimum absolute atomic E-state index is 0.145. The van der Waals surface area contributed by atoms with Crippen molar-refractivity contribution in [2.24, 2.45) is 11.7 Å². The molecule has 0 aromatic carbocycles. The van der Waals surface area contributed by atoms with Gasteiger partial charge in [-0.2, -0.15) is 0 Å². The molecule has 2 N–H and O–H groups in total. The molecule has 0 bridgehead atoms. The predicted octanol–water partition coefficient (Wildman–Crippen LogP) is 2.32. The largest absolute Gasteiger partial charge is 0.444 e. The first-order chi connectivity index (χ1) is 8.15. The van der Waals surface area contributed by atoms with Gasteiger partial charge in [-0.05, 0) is 47.1 Å². The van der Waals surface area contributed by atoms with Gasteiger partial charge in [0, 0.05) is 19.0 Å². The zero-order valence-corrected chi connectivity index (χ0v) is 11.8. The number of nitrogens with two attached hydrogens (primary N) is 1. The van der Waals surface area contributed by atoms with Crippen LogP contribution in [0.25, 0.3) is 0 Å². The van der Waals surface area contributed by atoms with Gasteiger partial charge in [-0.1, -0.05) is 0 Å². The fraction of sp³-hybridized carbons (Fsp3) is 0.923. The van der Waals surface area contributed by atoms with E-state index in [9.17, 15) is 9.18 Å². The molecule has 1 fully saturated rings. The van der Waals surface area contributed by atoms with Gasteiger partial charge in [-0.3, -0.25) is 0 Å². The molecule has 1 saturated heterocycles. The van der Waals surface area contributed by atoms with Crippen molar-refractivity contribution in [3.63, 3.8) is 0 Å². The summed E-state index contributed by atoms with van der Waals surface area (Å²) in [5, 5.41) is 0. The van der Waals surface area contributed by atoms with Crippen LogP contribution in [0, 0.1) is 5.92 Å². The van der Waals surface area contributed by atoms with Gasteiger partial charge in [0.05, 0.1) is 0 Å².